The van der Waals surface area contributed by atoms with E-state index in [0.29, 0.717) is 13.0 Å². The first kappa shape index (κ1) is 14.1. The number of benzene rings is 1. The lowest BCUT2D eigenvalue weighted by Crippen LogP contribution is -2.36. The normalized spacial score (nSPS) is 12.3. The van der Waals surface area contributed by atoms with Gasteiger partial charge in [-0.15, -0.1) is 0 Å². The molecular weight excluding hydrogens is 234 g/mol. The van der Waals surface area contributed by atoms with Crippen molar-refractivity contribution in [2.24, 2.45) is 0 Å². The van der Waals surface area contributed by atoms with Crippen molar-refractivity contribution >= 4 is 17.7 Å². The first-order valence-corrected chi connectivity index (χ1v) is 6.97. The molecule has 0 aromatic heterocycles. The molecule has 0 fully saturated rings. The second-order valence-electron chi connectivity index (χ2n) is 3.78. The van der Waals surface area contributed by atoms with Crippen molar-refractivity contribution in [3.05, 3.63) is 35.9 Å². The largest absolute Gasteiger partial charge is 0.480 e. The van der Waals surface area contributed by atoms with Crippen LogP contribution in [0.2, 0.25) is 0 Å². The number of aliphatic carboxylic acids is 1. The molecule has 17 heavy (non-hydrogen) atoms. The lowest BCUT2D eigenvalue weighted by molar-refractivity contribution is -0.139. The average Bonchev–Trinajstić information content (AvgIpc) is 2.34. The fraction of sp³-hybridized carbons (Fsp3) is 0.462. The smallest absolute Gasteiger partial charge is 0.320 e. The van der Waals surface area contributed by atoms with Crippen molar-refractivity contribution in [3.63, 3.8) is 0 Å². The third kappa shape index (κ3) is 5.75. The third-order valence-electron chi connectivity index (χ3n) is 2.41. The molecule has 1 aromatic carbocycles. The topological polar surface area (TPSA) is 49.3 Å². The minimum atomic E-state index is -0.757. The van der Waals surface area contributed by atoms with E-state index in [0.717, 1.165) is 11.5 Å². The zero-order chi connectivity index (χ0) is 12.5. The Labute approximate surface area is 107 Å². The van der Waals surface area contributed by atoms with E-state index in [1.165, 1.54) is 5.56 Å². The Hall–Kier alpha value is -1.00. The highest BCUT2D eigenvalue weighted by molar-refractivity contribution is 7.98. The van der Waals surface area contributed by atoms with Gasteiger partial charge in [0.05, 0.1) is 0 Å². The van der Waals surface area contributed by atoms with Gasteiger partial charge in [0, 0.05) is 5.75 Å². The maximum absolute atomic E-state index is 10.9. The number of hydrogen-bond acceptors (Lipinski definition) is 3. The van der Waals surface area contributed by atoms with E-state index in [1.54, 1.807) is 11.8 Å². The third-order valence-corrected chi connectivity index (χ3v) is 3.47. The summed E-state index contributed by atoms with van der Waals surface area (Å²) in [5.74, 6) is 1.05. The monoisotopic (exact) mass is 253 g/mol. The van der Waals surface area contributed by atoms with Gasteiger partial charge in [-0.2, -0.15) is 11.8 Å². The molecule has 1 atom stereocenters. The van der Waals surface area contributed by atoms with Gasteiger partial charge in [0.25, 0.3) is 0 Å². The molecule has 94 valence electrons. The fourth-order valence-corrected chi connectivity index (χ4v) is 2.50. The standard InChI is InChI=1S/C13H19NO2S/c1-2-14-12(13(15)16)8-9-17-10-11-6-4-3-5-7-11/h3-7,12,14H,2,8-10H2,1H3,(H,15,16). The Morgan fingerprint density at radius 2 is 2.12 bits per heavy atom. The highest BCUT2D eigenvalue weighted by Crippen LogP contribution is 2.13. The van der Waals surface area contributed by atoms with Crippen LogP contribution in [-0.4, -0.2) is 29.4 Å². The van der Waals surface area contributed by atoms with E-state index in [2.05, 4.69) is 17.4 Å². The van der Waals surface area contributed by atoms with E-state index in [1.807, 2.05) is 25.1 Å². The van der Waals surface area contributed by atoms with E-state index in [4.69, 9.17) is 5.11 Å². The summed E-state index contributed by atoms with van der Waals surface area (Å²) in [5.41, 5.74) is 1.29. The van der Waals surface area contributed by atoms with Gasteiger partial charge in [-0.3, -0.25) is 4.79 Å². The molecule has 0 bridgehead atoms. The van der Waals surface area contributed by atoms with Gasteiger partial charge in [0.2, 0.25) is 0 Å². The number of hydrogen-bond donors (Lipinski definition) is 2. The van der Waals surface area contributed by atoms with Crippen LogP contribution in [0.4, 0.5) is 0 Å². The van der Waals surface area contributed by atoms with Crippen LogP contribution in [0, 0.1) is 0 Å². The Morgan fingerprint density at radius 3 is 2.71 bits per heavy atom. The molecule has 3 nitrogen and oxygen atoms in total. The summed E-state index contributed by atoms with van der Waals surface area (Å²) in [6.07, 6.45) is 0.667. The number of likely N-dealkylation sites (N-methyl/N-ethyl adjacent to an activating group) is 1. The Kier molecular flexibility index (Phi) is 6.74. The number of carbonyl (C=O) groups is 1. The van der Waals surface area contributed by atoms with Crippen LogP contribution in [0.15, 0.2) is 30.3 Å². The Balaban J connectivity index is 2.20. The molecule has 0 spiro atoms. The number of thioether (sulfide) groups is 1. The summed E-state index contributed by atoms with van der Waals surface area (Å²) >= 11 is 1.77. The zero-order valence-corrected chi connectivity index (χ0v) is 10.9. The van der Waals surface area contributed by atoms with Gasteiger partial charge in [-0.25, -0.2) is 0 Å². The maximum atomic E-state index is 10.9. The number of rotatable bonds is 8. The lowest BCUT2D eigenvalue weighted by Gasteiger charge is -2.12. The molecule has 0 aliphatic heterocycles. The van der Waals surface area contributed by atoms with E-state index in [9.17, 15) is 4.79 Å². The van der Waals surface area contributed by atoms with Gasteiger partial charge in [0.1, 0.15) is 6.04 Å². The van der Waals surface area contributed by atoms with Gasteiger partial charge < -0.3 is 10.4 Å². The Morgan fingerprint density at radius 1 is 1.41 bits per heavy atom. The molecule has 0 saturated heterocycles. The van der Waals surface area contributed by atoms with Crippen LogP contribution < -0.4 is 5.32 Å². The number of nitrogens with one attached hydrogen (secondary N) is 1. The molecule has 0 amide bonds. The first-order chi connectivity index (χ1) is 8.24. The van der Waals surface area contributed by atoms with Gasteiger partial charge >= 0.3 is 5.97 Å². The minimum Gasteiger partial charge on any atom is -0.480 e. The molecule has 0 saturated carbocycles. The van der Waals surface area contributed by atoms with Gasteiger partial charge in [-0.05, 0) is 24.3 Å². The number of carboxylic acid groups (broad SMARTS) is 1. The van der Waals surface area contributed by atoms with E-state index >= 15 is 0 Å². The zero-order valence-electron chi connectivity index (χ0n) is 10.1. The molecule has 0 aliphatic rings. The summed E-state index contributed by atoms with van der Waals surface area (Å²) < 4.78 is 0. The van der Waals surface area contributed by atoms with Crippen molar-refractivity contribution in [2.75, 3.05) is 12.3 Å². The molecule has 1 unspecified atom stereocenters. The Bertz CT molecular complexity index is 329. The fourth-order valence-electron chi connectivity index (χ4n) is 1.52. The second kappa shape index (κ2) is 8.14. The van der Waals surface area contributed by atoms with Crippen molar-refractivity contribution in [1.29, 1.82) is 0 Å². The van der Waals surface area contributed by atoms with E-state index in [-0.39, 0.29) is 0 Å². The molecule has 0 heterocycles. The molecule has 0 aliphatic carbocycles. The summed E-state index contributed by atoms with van der Waals surface area (Å²) in [4.78, 5) is 10.9. The van der Waals surface area contributed by atoms with E-state index < -0.39 is 12.0 Å². The lowest BCUT2D eigenvalue weighted by atomic mass is 10.2. The van der Waals surface area contributed by atoms with Gasteiger partial charge in [0.15, 0.2) is 0 Å². The van der Waals surface area contributed by atoms with Crippen molar-refractivity contribution < 1.29 is 9.90 Å². The number of carboxylic acids is 1. The van der Waals surface area contributed by atoms with Crippen molar-refractivity contribution in [2.45, 2.75) is 25.1 Å². The summed E-state index contributed by atoms with van der Waals surface area (Å²) in [7, 11) is 0. The van der Waals surface area contributed by atoms with Crippen LogP contribution >= 0.6 is 11.8 Å². The highest BCUT2D eigenvalue weighted by atomic mass is 32.2. The van der Waals surface area contributed by atoms with Crippen LogP contribution in [-0.2, 0) is 10.5 Å². The van der Waals surface area contributed by atoms with Crippen LogP contribution in [0.25, 0.3) is 0 Å². The molecular formula is C13H19NO2S. The van der Waals surface area contributed by atoms with Gasteiger partial charge in [-0.1, -0.05) is 37.3 Å². The van der Waals surface area contributed by atoms with Crippen LogP contribution in [0.3, 0.4) is 0 Å². The summed E-state index contributed by atoms with van der Waals surface area (Å²) in [6.45, 7) is 2.62. The summed E-state index contributed by atoms with van der Waals surface area (Å²) in [6, 6.07) is 9.81. The average molecular weight is 253 g/mol. The molecule has 1 aromatic rings. The van der Waals surface area contributed by atoms with Crippen LogP contribution in [0.5, 0.6) is 0 Å². The minimum absolute atomic E-state index is 0.414. The SMILES string of the molecule is CCNC(CCSCc1ccccc1)C(=O)O. The summed E-state index contributed by atoms with van der Waals surface area (Å²) in [5, 5.41) is 11.9. The molecule has 2 N–H and O–H groups in total. The first-order valence-electron chi connectivity index (χ1n) is 5.82. The highest BCUT2D eigenvalue weighted by Gasteiger charge is 2.14. The predicted molar refractivity (Wildman–Crippen MR) is 72.3 cm³/mol. The van der Waals surface area contributed by atoms with Crippen molar-refractivity contribution in [1.82, 2.24) is 5.32 Å². The molecule has 4 heteroatoms. The molecule has 1 rings (SSSR count). The second-order valence-corrected chi connectivity index (χ2v) is 4.88. The van der Waals surface area contributed by atoms with Crippen LogP contribution in [0.1, 0.15) is 18.9 Å². The quantitative estimate of drug-likeness (QED) is 0.698. The van der Waals surface area contributed by atoms with Crippen molar-refractivity contribution in [3.8, 4) is 0 Å². The molecule has 0 radical (unpaired) electrons. The maximum Gasteiger partial charge on any atom is 0.320 e. The predicted octanol–water partition coefficient (Wildman–Crippen LogP) is 2.37.